The van der Waals surface area contributed by atoms with Crippen molar-refractivity contribution in [1.82, 2.24) is 19.8 Å². The Labute approximate surface area is 194 Å². The first-order chi connectivity index (χ1) is 15.9. The van der Waals surface area contributed by atoms with E-state index in [1.807, 2.05) is 37.3 Å². The summed E-state index contributed by atoms with van der Waals surface area (Å²) in [5, 5.41) is 3.24. The fourth-order valence-electron chi connectivity index (χ4n) is 5.15. The highest BCUT2D eigenvalue weighted by atomic mass is 16.5. The quantitative estimate of drug-likeness (QED) is 0.554. The zero-order valence-electron chi connectivity index (χ0n) is 19.5. The van der Waals surface area contributed by atoms with Gasteiger partial charge in [-0.25, -0.2) is 9.78 Å². The van der Waals surface area contributed by atoms with Gasteiger partial charge in [0.1, 0.15) is 11.2 Å². The summed E-state index contributed by atoms with van der Waals surface area (Å²) in [6, 6.07) is 9.33. The lowest BCUT2D eigenvalue weighted by atomic mass is 9.90. The van der Waals surface area contributed by atoms with E-state index in [0.29, 0.717) is 0 Å². The average molecular weight is 453 g/mol. The van der Waals surface area contributed by atoms with E-state index < -0.39 is 23.5 Å². The molecule has 176 valence electrons. The molecule has 0 bridgehead atoms. The molecule has 0 unspecified atom stereocenters. The molecule has 2 heterocycles. The highest BCUT2D eigenvalue weighted by Gasteiger charge is 2.51. The number of nitrogens with one attached hydrogen (secondary N) is 1. The molecule has 0 saturated heterocycles. The van der Waals surface area contributed by atoms with Crippen LogP contribution in [0.1, 0.15) is 85.0 Å². The zero-order chi connectivity index (χ0) is 23.6. The Morgan fingerprint density at radius 1 is 1.15 bits per heavy atom. The molecule has 0 radical (unpaired) electrons. The summed E-state index contributed by atoms with van der Waals surface area (Å²) >= 11 is 0. The molecule has 1 aromatic carbocycles. The van der Waals surface area contributed by atoms with Crippen LogP contribution in [0.4, 0.5) is 0 Å². The van der Waals surface area contributed by atoms with Crippen LogP contribution in [0, 0.1) is 0 Å². The number of hydrogen-bond donors (Lipinski definition) is 1. The van der Waals surface area contributed by atoms with Gasteiger partial charge >= 0.3 is 5.97 Å². The maximum atomic E-state index is 13.9. The molecule has 2 aromatic rings. The van der Waals surface area contributed by atoms with Crippen LogP contribution in [0.15, 0.2) is 36.7 Å². The maximum Gasteiger partial charge on any atom is 0.359 e. The van der Waals surface area contributed by atoms with Crippen molar-refractivity contribution in [2.45, 2.75) is 76.5 Å². The molecule has 1 aliphatic carbocycles. The molecule has 1 saturated carbocycles. The molecule has 1 fully saturated rings. The molecular weight excluding hydrogens is 420 g/mol. The van der Waals surface area contributed by atoms with Gasteiger partial charge in [-0.2, -0.15) is 0 Å². The molecule has 8 nitrogen and oxygen atoms in total. The van der Waals surface area contributed by atoms with Gasteiger partial charge < -0.3 is 19.5 Å². The molecule has 2 atom stereocenters. The van der Waals surface area contributed by atoms with E-state index in [1.165, 1.54) is 26.3 Å². The molecule has 1 aliphatic heterocycles. The number of methoxy groups -OCH3 is 1. The van der Waals surface area contributed by atoms with Gasteiger partial charge in [0, 0.05) is 6.04 Å². The van der Waals surface area contributed by atoms with E-state index in [2.05, 4.69) is 10.3 Å². The van der Waals surface area contributed by atoms with E-state index in [-0.39, 0.29) is 29.9 Å². The second-order valence-electron chi connectivity index (χ2n) is 9.26. The zero-order valence-corrected chi connectivity index (χ0v) is 19.5. The fourth-order valence-corrected chi connectivity index (χ4v) is 5.15. The summed E-state index contributed by atoms with van der Waals surface area (Å²) in [6.07, 6.45) is 7.92. The standard InChI is InChI=1S/C25H32N4O4/c1-17(18-11-7-6-8-12-18)29-22(30)21-20(23(31)33-3)26-16-28(21)15-25(29,2)24(32)27-19-13-9-4-5-10-14-19/h6-8,11-12,16-17,19H,4-5,9-10,13-15H2,1-3H3,(H,27,32)/t17-,25+/m0/s1. The van der Waals surface area contributed by atoms with Crippen LogP contribution >= 0.6 is 0 Å². The lowest BCUT2D eigenvalue weighted by molar-refractivity contribution is -0.135. The Morgan fingerprint density at radius 2 is 1.82 bits per heavy atom. The van der Waals surface area contributed by atoms with Crippen molar-refractivity contribution in [2.75, 3.05) is 7.11 Å². The number of carbonyl (C=O) groups is 3. The van der Waals surface area contributed by atoms with Gasteiger partial charge in [-0.05, 0) is 32.3 Å². The van der Waals surface area contributed by atoms with Crippen LogP contribution in [0.5, 0.6) is 0 Å². The van der Waals surface area contributed by atoms with Crippen molar-refractivity contribution in [3.05, 3.63) is 53.6 Å². The topological polar surface area (TPSA) is 93.5 Å². The second-order valence-corrected chi connectivity index (χ2v) is 9.26. The lowest BCUT2D eigenvalue weighted by Crippen LogP contribution is -2.65. The predicted octanol–water partition coefficient (Wildman–Crippen LogP) is 3.48. The number of nitrogens with zero attached hydrogens (tertiary/aromatic N) is 3. The van der Waals surface area contributed by atoms with E-state index >= 15 is 0 Å². The van der Waals surface area contributed by atoms with E-state index in [0.717, 1.165) is 31.2 Å². The van der Waals surface area contributed by atoms with Crippen LogP contribution in [-0.2, 0) is 16.1 Å². The highest BCUT2D eigenvalue weighted by Crippen LogP contribution is 2.36. The minimum Gasteiger partial charge on any atom is -0.464 e. The van der Waals surface area contributed by atoms with Crippen LogP contribution in [0.2, 0.25) is 0 Å². The van der Waals surface area contributed by atoms with E-state index in [4.69, 9.17) is 4.74 Å². The number of aromatic nitrogens is 2. The van der Waals surface area contributed by atoms with Gasteiger partial charge in [0.2, 0.25) is 5.91 Å². The highest BCUT2D eigenvalue weighted by molar-refractivity contribution is 6.06. The van der Waals surface area contributed by atoms with Crippen LogP contribution < -0.4 is 5.32 Å². The third kappa shape index (κ3) is 4.26. The number of imidazole rings is 1. The van der Waals surface area contributed by atoms with Gasteiger partial charge in [0.25, 0.3) is 5.91 Å². The van der Waals surface area contributed by atoms with Crippen molar-refractivity contribution in [2.24, 2.45) is 0 Å². The number of carbonyl (C=O) groups excluding carboxylic acids is 3. The second kappa shape index (κ2) is 9.37. The molecule has 2 aliphatic rings. The summed E-state index contributed by atoms with van der Waals surface area (Å²) < 4.78 is 6.44. The van der Waals surface area contributed by atoms with Crippen molar-refractivity contribution in [3.8, 4) is 0 Å². The first-order valence-corrected chi connectivity index (χ1v) is 11.7. The van der Waals surface area contributed by atoms with Gasteiger partial charge in [-0.3, -0.25) is 9.59 Å². The van der Waals surface area contributed by atoms with Crippen LogP contribution in [0.3, 0.4) is 0 Å². The number of amides is 2. The molecule has 1 aromatic heterocycles. The third-order valence-electron chi connectivity index (χ3n) is 7.00. The molecular formula is C25H32N4O4. The van der Waals surface area contributed by atoms with Gasteiger partial charge in [-0.15, -0.1) is 0 Å². The smallest absolute Gasteiger partial charge is 0.359 e. The molecule has 1 N–H and O–H groups in total. The largest absolute Gasteiger partial charge is 0.464 e. The normalized spacial score (nSPS) is 22.3. The monoisotopic (exact) mass is 452 g/mol. The minimum absolute atomic E-state index is 0.0287. The summed E-state index contributed by atoms with van der Waals surface area (Å²) in [7, 11) is 1.26. The van der Waals surface area contributed by atoms with Gasteiger partial charge in [0.15, 0.2) is 5.69 Å². The van der Waals surface area contributed by atoms with Crippen molar-refractivity contribution >= 4 is 17.8 Å². The molecule has 8 heteroatoms. The Kier molecular flexibility index (Phi) is 6.54. The summed E-state index contributed by atoms with van der Waals surface area (Å²) in [4.78, 5) is 45.7. The summed E-state index contributed by atoms with van der Waals surface area (Å²) in [6.45, 7) is 3.92. The van der Waals surface area contributed by atoms with E-state index in [9.17, 15) is 14.4 Å². The van der Waals surface area contributed by atoms with Crippen LogP contribution in [0.25, 0.3) is 0 Å². The number of fused-ring (bicyclic) bond motifs is 1. The molecule has 4 rings (SSSR count). The SMILES string of the molecule is COC(=O)c1ncn2c1C(=O)N([C@@H](C)c1ccccc1)[C@@](C)(C(=O)NC1CCCCCC1)C2. The van der Waals surface area contributed by atoms with Crippen molar-refractivity contribution < 1.29 is 19.1 Å². The average Bonchev–Trinajstić information content (AvgIpc) is 3.07. The molecule has 0 spiro atoms. The summed E-state index contributed by atoms with van der Waals surface area (Å²) in [5.41, 5.74) is -0.116. The Bertz CT molecular complexity index is 1030. The van der Waals surface area contributed by atoms with Gasteiger partial charge in [0.05, 0.1) is 26.0 Å². The first kappa shape index (κ1) is 23.0. The number of esters is 1. The third-order valence-corrected chi connectivity index (χ3v) is 7.00. The van der Waals surface area contributed by atoms with Crippen molar-refractivity contribution in [1.29, 1.82) is 0 Å². The molecule has 33 heavy (non-hydrogen) atoms. The lowest BCUT2D eigenvalue weighted by Gasteiger charge is -2.47. The predicted molar refractivity (Wildman–Crippen MR) is 123 cm³/mol. The number of benzene rings is 1. The van der Waals surface area contributed by atoms with E-state index in [1.54, 1.807) is 16.4 Å². The summed E-state index contributed by atoms with van der Waals surface area (Å²) in [5.74, 6) is -1.26. The number of hydrogen-bond acceptors (Lipinski definition) is 5. The Hall–Kier alpha value is -3.16. The molecule has 2 amide bonds. The minimum atomic E-state index is -1.15. The van der Waals surface area contributed by atoms with Crippen molar-refractivity contribution in [3.63, 3.8) is 0 Å². The fraction of sp³-hybridized carbons (Fsp3) is 0.520. The van der Waals surface area contributed by atoms with Crippen LogP contribution in [-0.4, -0.2) is 50.9 Å². The Balaban J connectivity index is 1.74. The first-order valence-electron chi connectivity index (χ1n) is 11.7. The van der Waals surface area contributed by atoms with Gasteiger partial charge in [-0.1, -0.05) is 56.0 Å². The maximum absolute atomic E-state index is 13.9. The Morgan fingerprint density at radius 3 is 2.45 bits per heavy atom. The number of rotatable bonds is 5. The number of ether oxygens (including phenoxy) is 1.